The van der Waals surface area contributed by atoms with Gasteiger partial charge in [0, 0.05) is 6.07 Å². The molecule has 2 aromatic rings. The number of methoxy groups -OCH3 is 1. The van der Waals surface area contributed by atoms with Gasteiger partial charge < -0.3 is 15.2 Å². The van der Waals surface area contributed by atoms with Crippen LogP contribution < -0.4 is 15.2 Å². The molecule has 0 bridgehead atoms. The first-order valence-corrected chi connectivity index (χ1v) is 5.82. The van der Waals surface area contributed by atoms with E-state index in [1.807, 2.05) is 6.07 Å². The maximum atomic E-state index is 10.7. The van der Waals surface area contributed by atoms with Crippen LogP contribution in [0.15, 0.2) is 16.7 Å². The molecule has 0 aliphatic carbocycles. The number of nitrogens with zero attached hydrogens (tertiary/aromatic N) is 1. The lowest BCUT2D eigenvalue weighted by Crippen LogP contribution is -2.15. The molecule has 7 heteroatoms. The fraction of sp³-hybridized carbons (Fsp3) is 0.111. The van der Waals surface area contributed by atoms with E-state index in [0.29, 0.717) is 20.8 Å². The number of carbonyl (C=O) groups excluding carboxylic acids is 1. The third-order valence-electron chi connectivity index (χ3n) is 1.85. The number of carbonyl (C=O) groups is 1. The SMILES string of the molecule is COc1cnc2c(Br)c(OC(N)=O)sc2c1. The molecule has 2 N–H and O–H groups in total. The van der Waals surface area contributed by atoms with E-state index in [9.17, 15) is 4.79 Å². The monoisotopic (exact) mass is 302 g/mol. The van der Waals surface area contributed by atoms with E-state index in [0.717, 1.165) is 4.70 Å². The Labute approximate surface area is 103 Å². The van der Waals surface area contributed by atoms with E-state index in [1.54, 1.807) is 13.3 Å². The van der Waals surface area contributed by atoms with Crippen molar-refractivity contribution in [3.63, 3.8) is 0 Å². The zero-order chi connectivity index (χ0) is 11.7. The second-order valence-electron chi connectivity index (χ2n) is 2.85. The average molecular weight is 303 g/mol. The van der Waals surface area contributed by atoms with Gasteiger partial charge in [0.05, 0.1) is 28.0 Å². The molecule has 5 nitrogen and oxygen atoms in total. The third kappa shape index (κ3) is 1.96. The van der Waals surface area contributed by atoms with E-state index in [4.69, 9.17) is 15.2 Å². The van der Waals surface area contributed by atoms with Crippen LogP contribution in [0.3, 0.4) is 0 Å². The molecular formula is C9H7BrN2O3S. The number of halogens is 1. The predicted molar refractivity (Wildman–Crippen MR) is 64.1 cm³/mol. The second kappa shape index (κ2) is 4.26. The highest BCUT2D eigenvalue weighted by atomic mass is 79.9. The minimum Gasteiger partial charge on any atom is -0.495 e. The summed E-state index contributed by atoms with van der Waals surface area (Å²) in [5.74, 6) is 0.645. The van der Waals surface area contributed by atoms with Gasteiger partial charge in [-0.15, -0.1) is 0 Å². The Morgan fingerprint density at radius 1 is 1.62 bits per heavy atom. The Morgan fingerprint density at radius 3 is 3.00 bits per heavy atom. The first-order valence-electron chi connectivity index (χ1n) is 4.21. The fourth-order valence-electron chi connectivity index (χ4n) is 1.18. The van der Waals surface area contributed by atoms with Crippen molar-refractivity contribution in [2.24, 2.45) is 5.73 Å². The Balaban J connectivity index is 2.54. The van der Waals surface area contributed by atoms with Gasteiger partial charge in [-0.2, -0.15) is 0 Å². The van der Waals surface area contributed by atoms with Gasteiger partial charge in [0.25, 0.3) is 0 Å². The lowest BCUT2D eigenvalue weighted by molar-refractivity contribution is 0.212. The second-order valence-corrected chi connectivity index (χ2v) is 4.65. The van der Waals surface area contributed by atoms with Crippen molar-refractivity contribution in [2.75, 3.05) is 7.11 Å². The molecule has 2 rings (SSSR count). The minimum atomic E-state index is -0.848. The van der Waals surface area contributed by atoms with Gasteiger partial charge in [0.1, 0.15) is 5.75 Å². The molecule has 1 amide bonds. The van der Waals surface area contributed by atoms with E-state index >= 15 is 0 Å². The molecule has 0 aromatic carbocycles. The molecule has 2 heterocycles. The largest absolute Gasteiger partial charge is 0.495 e. The number of thiophene rings is 1. The standard InChI is InChI=1S/C9H7BrN2O3S/c1-14-4-2-5-7(12-3-4)6(10)8(16-5)15-9(11)13/h2-3H,1H3,(H2,11,13). The number of aromatic nitrogens is 1. The van der Waals surface area contributed by atoms with Crippen LogP contribution in [0, 0.1) is 0 Å². The van der Waals surface area contributed by atoms with Gasteiger partial charge in [0.15, 0.2) is 0 Å². The molecule has 0 fully saturated rings. The zero-order valence-corrected chi connectivity index (χ0v) is 10.6. The summed E-state index contributed by atoms with van der Waals surface area (Å²) in [6, 6.07) is 1.81. The summed E-state index contributed by atoms with van der Waals surface area (Å²) < 4.78 is 11.4. The molecule has 0 saturated carbocycles. The number of rotatable bonds is 2. The van der Waals surface area contributed by atoms with Crippen molar-refractivity contribution in [2.45, 2.75) is 0 Å². The maximum absolute atomic E-state index is 10.7. The summed E-state index contributed by atoms with van der Waals surface area (Å²) in [7, 11) is 1.56. The van der Waals surface area contributed by atoms with Crippen LogP contribution in [0.1, 0.15) is 0 Å². The lowest BCUT2D eigenvalue weighted by Gasteiger charge is -1.97. The normalized spacial score (nSPS) is 10.4. The number of amides is 1. The van der Waals surface area contributed by atoms with Gasteiger partial charge in [-0.3, -0.25) is 4.98 Å². The lowest BCUT2D eigenvalue weighted by atomic mass is 10.4. The number of pyridine rings is 1. The topological polar surface area (TPSA) is 74.4 Å². The van der Waals surface area contributed by atoms with E-state index in [2.05, 4.69) is 20.9 Å². The van der Waals surface area contributed by atoms with Crippen molar-refractivity contribution >= 4 is 43.6 Å². The van der Waals surface area contributed by atoms with Crippen molar-refractivity contribution in [3.8, 4) is 10.8 Å². The summed E-state index contributed by atoms with van der Waals surface area (Å²) in [5, 5.41) is 0.392. The average Bonchev–Trinajstić information content (AvgIpc) is 2.54. The highest BCUT2D eigenvalue weighted by molar-refractivity contribution is 9.10. The number of ether oxygens (including phenoxy) is 2. The van der Waals surface area contributed by atoms with Gasteiger partial charge in [-0.1, -0.05) is 11.3 Å². The molecule has 0 radical (unpaired) electrons. The van der Waals surface area contributed by atoms with Crippen LogP contribution in [0.5, 0.6) is 10.8 Å². The Hall–Kier alpha value is -1.34. The smallest absolute Gasteiger partial charge is 0.410 e. The first-order chi connectivity index (χ1) is 7.61. The molecule has 0 unspecified atom stereocenters. The van der Waals surface area contributed by atoms with Crippen molar-refractivity contribution < 1.29 is 14.3 Å². The van der Waals surface area contributed by atoms with Gasteiger partial charge in [0.2, 0.25) is 5.06 Å². The summed E-state index contributed by atoms with van der Waals surface area (Å²) in [4.78, 5) is 14.8. The molecule has 0 aliphatic heterocycles. The predicted octanol–water partition coefficient (Wildman–Crippen LogP) is 2.52. The molecule has 2 aromatic heterocycles. The van der Waals surface area contributed by atoms with Crippen LogP contribution >= 0.6 is 27.3 Å². The molecule has 0 spiro atoms. The minimum absolute atomic E-state index is 0.392. The van der Waals surface area contributed by atoms with Crippen LogP contribution in [-0.2, 0) is 0 Å². The van der Waals surface area contributed by atoms with E-state index in [-0.39, 0.29) is 0 Å². The van der Waals surface area contributed by atoms with E-state index < -0.39 is 6.09 Å². The third-order valence-corrected chi connectivity index (χ3v) is 3.85. The Bertz CT molecular complexity index is 555. The number of hydrogen-bond donors (Lipinski definition) is 1. The maximum Gasteiger partial charge on any atom is 0.410 e. The molecular weight excluding hydrogens is 296 g/mol. The molecule has 84 valence electrons. The summed E-state index contributed by atoms with van der Waals surface area (Å²) in [6.45, 7) is 0. The molecule has 0 saturated heterocycles. The van der Waals surface area contributed by atoms with Gasteiger partial charge in [-0.25, -0.2) is 4.79 Å². The highest BCUT2D eigenvalue weighted by Gasteiger charge is 2.14. The summed E-state index contributed by atoms with van der Waals surface area (Å²) in [6.07, 6.45) is 0.743. The molecule has 16 heavy (non-hydrogen) atoms. The summed E-state index contributed by atoms with van der Waals surface area (Å²) >= 11 is 4.57. The van der Waals surface area contributed by atoms with Gasteiger partial charge >= 0.3 is 6.09 Å². The zero-order valence-electron chi connectivity index (χ0n) is 8.19. The first kappa shape index (κ1) is 11.2. The van der Waals surface area contributed by atoms with Crippen molar-refractivity contribution in [1.29, 1.82) is 0 Å². The van der Waals surface area contributed by atoms with Crippen molar-refractivity contribution in [3.05, 3.63) is 16.7 Å². The van der Waals surface area contributed by atoms with Crippen molar-refractivity contribution in [1.82, 2.24) is 4.98 Å². The Morgan fingerprint density at radius 2 is 2.38 bits per heavy atom. The molecule has 0 aliphatic rings. The van der Waals surface area contributed by atoms with Gasteiger partial charge in [-0.05, 0) is 15.9 Å². The van der Waals surface area contributed by atoms with E-state index in [1.165, 1.54) is 11.3 Å². The number of nitrogens with two attached hydrogens (primary N) is 1. The van der Waals surface area contributed by atoms with Crippen LogP contribution in [0.2, 0.25) is 0 Å². The Kier molecular flexibility index (Phi) is 2.97. The highest BCUT2D eigenvalue weighted by Crippen LogP contribution is 2.41. The van der Waals surface area contributed by atoms with Crippen LogP contribution in [-0.4, -0.2) is 18.2 Å². The van der Waals surface area contributed by atoms with Crippen LogP contribution in [0.25, 0.3) is 10.2 Å². The fourth-order valence-corrected chi connectivity index (χ4v) is 2.89. The summed E-state index contributed by atoms with van der Waals surface area (Å²) in [5.41, 5.74) is 5.66. The molecule has 0 atom stereocenters. The number of primary amides is 1. The quantitative estimate of drug-likeness (QED) is 0.925. The van der Waals surface area contributed by atoms with Crippen LogP contribution in [0.4, 0.5) is 4.79 Å². The number of hydrogen-bond acceptors (Lipinski definition) is 5. The number of fused-ring (bicyclic) bond motifs is 1.